The lowest BCUT2D eigenvalue weighted by Crippen LogP contribution is -2.02. The summed E-state index contributed by atoms with van der Waals surface area (Å²) < 4.78 is 1.07. The molecule has 4 heterocycles. The van der Waals surface area contributed by atoms with E-state index in [1.807, 2.05) is 12.3 Å². The lowest BCUT2D eigenvalue weighted by atomic mass is 10.0. The minimum atomic E-state index is 0.676. The zero-order chi connectivity index (χ0) is 19.9. The molecule has 6 heteroatoms. The van der Waals surface area contributed by atoms with Crippen LogP contribution in [0, 0.1) is 0 Å². The highest BCUT2D eigenvalue weighted by Crippen LogP contribution is 2.43. The second kappa shape index (κ2) is 7.15. The molecule has 1 aliphatic carbocycles. The monoisotopic (exact) mass is 409 g/mol. The Kier molecular flexibility index (Phi) is 4.16. The van der Waals surface area contributed by atoms with E-state index in [0.717, 1.165) is 45.0 Å². The fraction of sp³-hybridized carbons (Fsp3) is 0.167. The van der Waals surface area contributed by atoms with Crippen LogP contribution in [0.15, 0.2) is 61.2 Å². The number of anilines is 1. The average molecular weight is 410 g/mol. The predicted octanol–water partition coefficient (Wildman–Crippen LogP) is 5.40. The van der Waals surface area contributed by atoms with Crippen molar-refractivity contribution in [3.05, 3.63) is 77.9 Å². The Morgan fingerprint density at radius 2 is 1.87 bits per heavy atom. The summed E-state index contributed by atoms with van der Waals surface area (Å²) >= 11 is 1.68. The van der Waals surface area contributed by atoms with Crippen molar-refractivity contribution < 1.29 is 0 Å². The molecule has 5 aromatic rings. The molecule has 5 nitrogen and oxygen atoms in total. The van der Waals surface area contributed by atoms with Crippen molar-refractivity contribution in [3.63, 3.8) is 0 Å². The highest BCUT2D eigenvalue weighted by atomic mass is 32.1. The number of fused-ring (bicyclic) bond motifs is 5. The first-order chi connectivity index (χ1) is 14.9. The van der Waals surface area contributed by atoms with Crippen LogP contribution >= 0.6 is 11.3 Å². The minimum Gasteiger partial charge on any atom is -0.365 e. The maximum atomic E-state index is 5.13. The number of thiophene rings is 1. The zero-order valence-electron chi connectivity index (χ0n) is 16.3. The molecule has 0 saturated heterocycles. The van der Waals surface area contributed by atoms with E-state index in [4.69, 9.17) is 4.98 Å². The molecule has 6 rings (SSSR count). The smallest absolute Gasteiger partial charge is 0.147 e. The van der Waals surface area contributed by atoms with Gasteiger partial charge in [0.05, 0.1) is 15.9 Å². The fourth-order valence-electron chi connectivity index (χ4n) is 4.35. The van der Waals surface area contributed by atoms with Crippen LogP contribution < -0.4 is 5.32 Å². The Labute approximate surface area is 177 Å². The third-order valence-electron chi connectivity index (χ3n) is 5.70. The summed E-state index contributed by atoms with van der Waals surface area (Å²) in [5.41, 5.74) is 7.26. The van der Waals surface area contributed by atoms with Gasteiger partial charge in [0.1, 0.15) is 17.0 Å². The summed E-state index contributed by atoms with van der Waals surface area (Å²) in [5.74, 6) is 0.861. The second-order valence-corrected chi connectivity index (χ2v) is 8.53. The molecular weight excluding hydrogens is 390 g/mol. The number of aromatic nitrogens is 4. The quantitative estimate of drug-likeness (QED) is 0.430. The maximum absolute atomic E-state index is 5.13. The van der Waals surface area contributed by atoms with Crippen molar-refractivity contribution in [1.29, 1.82) is 0 Å². The first kappa shape index (κ1) is 17.5. The van der Waals surface area contributed by atoms with Crippen LogP contribution in [0.25, 0.3) is 31.7 Å². The van der Waals surface area contributed by atoms with Gasteiger partial charge >= 0.3 is 0 Å². The van der Waals surface area contributed by atoms with Crippen molar-refractivity contribution in [2.45, 2.75) is 25.8 Å². The zero-order valence-corrected chi connectivity index (χ0v) is 17.1. The van der Waals surface area contributed by atoms with Gasteiger partial charge in [0.25, 0.3) is 0 Å². The van der Waals surface area contributed by atoms with Gasteiger partial charge in [-0.2, -0.15) is 0 Å². The molecule has 0 bridgehead atoms. The van der Waals surface area contributed by atoms with Crippen LogP contribution in [0.1, 0.15) is 23.1 Å². The van der Waals surface area contributed by atoms with Crippen molar-refractivity contribution >= 4 is 37.6 Å². The maximum Gasteiger partial charge on any atom is 0.147 e. The van der Waals surface area contributed by atoms with E-state index < -0.39 is 0 Å². The molecule has 0 atom stereocenters. The van der Waals surface area contributed by atoms with E-state index in [0.29, 0.717) is 6.54 Å². The highest BCUT2D eigenvalue weighted by molar-refractivity contribution is 7.26. The molecule has 1 aromatic carbocycles. The number of rotatable bonds is 4. The predicted molar refractivity (Wildman–Crippen MR) is 122 cm³/mol. The summed E-state index contributed by atoms with van der Waals surface area (Å²) in [6.07, 6.45) is 8.66. The van der Waals surface area contributed by atoms with Gasteiger partial charge < -0.3 is 5.32 Å². The molecule has 0 fully saturated rings. The first-order valence-electron chi connectivity index (χ1n) is 10.2. The van der Waals surface area contributed by atoms with E-state index in [2.05, 4.69) is 56.7 Å². The average Bonchev–Trinajstić information content (AvgIpc) is 3.43. The molecule has 4 aromatic heterocycles. The second-order valence-electron chi connectivity index (χ2n) is 7.53. The van der Waals surface area contributed by atoms with Crippen LogP contribution in [0.3, 0.4) is 0 Å². The molecule has 0 spiro atoms. The molecule has 0 saturated carbocycles. The number of aryl methyl sites for hydroxylation is 1. The van der Waals surface area contributed by atoms with Gasteiger partial charge in [-0.05, 0) is 42.0 Å². The largest absolute Gasteiger partial charge is 0.365 e. The molecule has 0 unspecified atom stereocenters. The minimum absolute atomic E-state index is 0.676. The summed E-state index contributed by atoms with van der Waals surface area (Å²) in [6.45, 7) is 0.676. The lowest BCUT2D eigenvalue weighted by Gasteiger charge is -2.09. The number of benzene rings is 1. The van der Waals surface area contributed by atoms with Crippen LogP contribution in [0.5, 0.6) is 0 Å². The molecule has 0 radical (unpaired) electrons. The number of pyridine rings is 2. The van der Waals surface area contributed by atoms with Crippen LogP contribution in [-0.2, 0) is 19.4 Å². The standard InChI is InChI=1S/C24H19N5S/c1-2-7-16(8-3-1)20-18-10-4-9-17(18)19-21-22(30-24(19)29-20)23(28-14-27-21)26-13-15-6-5-11-25-12-15/h1-3,5-8,11-12,14H,4,9-10,13H2,(H,26,27,28). The lowest BCUT2D eigenvalue weighted by molar-refractivity contribution is 0.913. The van der Waals surface area contributed by atoms with E-state index >= 15 is 0 Å². The van der Waals surface area contributed by atoms with E-state index in [9.17, 15) is 0 Å². The summed E-state index contributed by atoms with van der Waals surface area (Å²) in [5, 5.41) is 4.69. The topological polar surface area (TPSA) is 63.6 Å². The van der Waals surface area contributed by atoms with Crippen LogP contribution in [-0.4, -0.2) is 19.9 Å². The molecule has 0 aliphatic heterocycles. The van der Waals surface area contributed by atoms with Crippen LogP contribution in [0.4, 0.5) is 5.82 Å². The molecule has 30 heavy (non-hydrogen) atoms. The van der Waals surface area contributed by atoms with Crippen LogP contribution in [0.2, 0.25) is 0 Å². The normalized spacial score (nSPS) is 13.1. The van der Waals surface area contributed by atoms with Gasteiger partial charge in [0.15, 0.2) is 0 Å². The van der Waals surface area contributed by atoms with Gasteiger partial charge in [0.2, 0.25) is 0 Å². The number of hydrogen-bond donors (Lipinski definition) is 1. The molecule has 1 aliphatic rings. The molecule has 0 amide bonds. The SMILES string of the molecule is c1ccc(-c2nc3sc4c(NCc5cccnc5)ncnc4c3c3c2CCC3)cc1. The van der Waals surface area contributed by atoms with Gasteiger partial charge in [0, 0.05) is 29.9 Å². The fourth-order valence-corrected chi connectivity index (χ4v) is 5.47. The van der Waals surface area contributed by atoms with E-state index in [-0.39, 0.29) is 0 Å². The Bertz CT molecular complexity index is 1360. The molecule has 1 N–H and O–H groups in total. The third kappa shape index (κ3) is 2.83. The third-order valence-corrected chi connectivity index (χ3v) is 6.78. The van der Waals surface area contributed by atoms with Gasteiger partial charge in [-0.15, -0.1) is 11.3 Å². The Hall–Kier alpha value is -3.38. The van der Waals surface area contributed by atoms with Crippen molar-refractivity contribution in [1.82, 2.24) is 19.9 Å². The van der Waals surface area contributed by atoms with Crippen molar-refractivity contribution in [2.75, 3.05) is 5.32 Å². The molecular formula is C24H19N5S. The van der Waals surface area contributed by atoms with E-state index in [1.165, 1.54) is 28.5 Å². The molecule has 146 valence electrons. The highest BCUT2D eigenvalue weighted by Gasteiger charge is 2.24. The number of nitrogens with one attached hydrogen (secondary N) is 1. The van der Waals surface area contributed by atoms with Gasteiger partial charge in [-0.3, -0.25) is 4.98 Å². The summed E-state index contributed by atoms with van der Waals surface area (Å²) in [6, 6.07) is 14.5. The van der Waals surface area contributed by atoms with Gasteiger partial charge in [-0.1, -0.05) is 36.4 Å². The van der Waals surface area contributed by atoms with E-state index in [1.54, 1.807) is 23.9 Å². The Balaban J connectivity index is 1.51. The summed E-state index contributed by atoms with van der Waals surface area (Å²) in [7, 11) is 0. The Morgan fingerprint density at radius 1 is 0.967 bits per heavy atom. The van der Waals surface area contributed by atoms with Gasteiger partial charge in [-0.25, -0.2) is 15.0 Å². The number of nitrogens with zero attached hydrogens (tertiary/aromatic N) is 4. The number of hydrogen-bond acceptors (Lipinski definition) is 6. The summed E-state index contributed by atoms with van der Waals surface area (Å²) in [4.78, 5) is 19.6. The Morgan fingerprint density at radius 3 is 2.73 bits per heavy atom. The van der Waals surface area contributed by atoms with Crippen molar-refractivity contribution in [3.8, 4) is 11.3 Å². The first-order valence-corrected chi connectivity index (χ1v) is 11.0. The van der Waals surface area contributed by atoms with Crippen molar-refractivity contribution in [2.24, 2.45) is 0 Å².